The first-order chi connectivity index (χ1) is 19.5. The lowest BCUT2D eigenvalue weighted by Crippen LogP contribution is -2.46. The maximum atomic E-state index is 6.97. The average molecular weight is 567 g/mol. The average Bonchev–Trinajstić information content (AvgIpc) is 2.95. The van der Waals surface area contributed by atoms with E-state index in [1.807, 2.05) is 24.3 Å². The van der Waals surface area contributed by atoms with Crippen molar-refractivity contribution >= 4 is 0 Å². The molecular weight excluding hydrogens is 508 g/mol. The molecule has 0 heterocycles. The van der Waals surface area contributed by atoms with Gasteiger partial charge in [0.2, 0.25) is 0 Å². The summed E-state index contributed by atoms with van der Waals surface area (Å²) in [4.78, 5) is 0. The Morgan fingerprint density at radius 2 is 1.56 bits per heavy atom. The van der Waals surface area contributed by atoms with Gasteiger partial charge in [0.25, 0.3) is 0 Å². The summed E-state index contributed by atoms with van der Waals surface area (Å²) < 4.78 is 25.9. The highest BCUT2D eigenvalue weighted by Gasteiger charge is 2.38. The Hall–Kier alpha value is -2.40. The molecule has 0 radical (unpaired) electrons. The molecule has 0 aliphatic heterocycles. The lowest BCUT2D eigenvalue weighted by atomic mass is 9.84. The molecule has 1 aromatic carbocycles. The standard InChI is InChI=1S/C37H58O4/c1-12-21-34(30(8)31-23-19-18-20-24-31)35(22-13-2)41-36(9,10)26-33(28-38-25-14-3)40-37(11,17-6)32(16-5)27-39-29(7)15-4/h12-14,18-24,29-30,32-33H,1-3,15-17,25-28H2,4-11H3/b34-21-,35-22+. The fraction of sp³-hybridized carbons (Fsp3) is 0.568. The predicted molar refractivity (Wildman–Crippen MR) is 175 cm³/mol. The van der Waals surface area contributed by atoms with Gasteiger partial charge >= 0.3 is 0 Å². The number of hydrogen-bond donors (Lipinski definition) is 0. The molecule has 230 valence electrons. The maximum Gasteiger partial charge on any atom is 0.123 e. The number of benzene rings is 1. The third-order valence-electron chi connectivity index (χ3n) is 7.91. The molecule has 5 atom stereocenters. The van der Waals surface area contributed by atoms with Crippen LogP contribution in [0.2, 0.25) is 0 Å². The van der Waals surface area contributed by atoms with Gasteiger partial charge in [0, 0.05) is 23.8 Å². The number of rotatable bonds is 22. The van der Waals surface area contributed by atoms with Gasteiger partial charge in [-0.15, -0.1) is 6.58 Å². The van der Waals surface area contributed by atoms with E-state index in [-0.39, 0.29) is 29.6 Å². The van der Waals surface area contributed by atoms with Crippen molar-refractivity contribution in [3.05, 3.63) is 97.3 Å². The van der Waals surface area contributed by atoms with Crippen LogP contribution in [0.4, 0.5) is 0 Å². The third kappa shape index (κ3) is 12.6. The van der Waals surface area contributed by atoms with E-state index in [2.05, 4.69) is 99.4 Å². The number of allylic oxidation sites excluding steroid dienone is 5. The highest BCUT2D eigenvalue weighted by atomic mass is 16.6. The highest BCUT2D eigenvalue weighted by molar-refractivity contribution is 5.41. The second-order valence-electron chi connectivity index (χ2n) is 11.7. The molecule has 4 heteroatoms. The van der Waals surface area contributed by atoms with Crippen LogP contribution in [0, 0.1) is 5.92 Å². The second kappa shape index (κ2) is 18.9. The Labute approximate surface area is 252 Å². The smallest absolute Gasteiger partial charge is 0.123 e. The van der Waals surface area contributed by atoms with Crippen molar-refractivity contribution in [2.24, 2.45) is 5.92 Å². The van der Waals surface area contributed by atoms with Crippen LogP contribution in [0.1, 0.15) is 92.6 Å². The first kappa shape index (κ1) is 36.6. The lowest BCUT2D eigenvalue weighted by Gasteiger charge is -2.42. The predicted octanol–water partition coefficient (Wildman–Crippen LogP) is 9.76. The SMILES string of the molecule is C=C/C=C(\C(=C/C=C)OC(C)(C)CC(COCC=C)OC(C)(CC)C(CC)COC(C)CC)C(C)c1ccccc1. The van der Waals surface area contributed by atoms with E-state index >= 15 is 0 Å². The van der Waals surface area contributed by atoms with Crippen LogP contribution in [0.3, 0.4) is 0 Å². The van der Waals surface area contributed by atoms with Crippen LogP contribution >= 0.6 is 0 Å². The van der Waals surface area contributed by atoms with Crippen molar-refractivity contribution in [2.45, 2.75) is 110 Å². The summed E-state index contributed by atoms with van der Waals surface area (Å²) in [7, 11) is 0. The fourth-order valence-electron chi connectivity index (χ4n) is 5.06. The summed E-state index contributed by atoms with van der Waals surface area (Å²) in [5.41, 5.74) is 1.33. The molecule has 0 aliphatic rings. The first-order valence-corrected chi connectivity index (χ1v) is 15.4. The molecule has 4 nitrogen and oxygen atoms in total. The van der Waals surface area contributed by atoms with E-state index < -0.39 is 5.60 Å². The minimum Gasteiger partial charge on any atom is -0.487 e. The third-order valence-corrected chi connectivity index (χ3v) is 7.91. The summed E-state index contributed by atoms with van der Waals surface area (Å²) in [6.45, 7) is 30.7. The zero-order valence-electron chi connectivity index (χ0n) is 27.3. The molecule has 41 heavy (non-hydrogen) atoms. The van der Waals surface area contributed by atoms with E-state index in [4.69, 9.17) is 18.9 Å². The molecule has 1 aromatic rings. The summed E-state index contributed by atoms with van der Waals surface area (Å²) in [5, 5.41) is 0. The molecule has 0 saturated carbocycles. The van der Waals surface area contributed by atoms with Gasteiger partial charge in [0.1, 0.15) is 11.4 Å². The van der Waals surface area contributed by atoms with Crippen molar-refractivity contribution in [1.82, 2.24) is 0 Å². The van der Waals surface area contributed by atoms with Crippen LogP contribution in [0.5, 0.6) is 0 Å². The largest absolute Gasteiger partial charge is 0.487 e. The molecule has 0 bridgehead atoms. The van der Waals surface area contributed by atoms with Gasteiger partial charge in [0.05, 0.1) is 37.6 Å². The van der Waals surface area contributed by atoms with Crippen molar-refractivity contribution in [3.8, 4) is 0 Å². The maximum absolute atomic E-state index is 6.97. The molecular formula is C37H58O4. The second-order valence-corrected chi connectivity index (χ2v) is 11.7. The van der Waals surface area contributed by atoms with Crippen LogP contribution in [0.25, 0.3) is 0 Å². The van der Waals surface area contributed by atoms with E-state index in [0.717, 1.165) is 30.6 Å². The van der Waals surface area contributed by atoms with Crippen molar-refractivity contribution in [1.29, 1.82) is 0 Å². The van der Waals surface area contributed by atoms with E-state index in [9.17, 15) is 0 Å². The summed E-state index contributed by atoms with van der Waals surface area (Å²) in [6, 6.07) is 10.4. The lowest BCUT2D eigenvalue weighted by molar-refractivity contribution is -0.168. The van der Waals surface area contributed by atoms with Crippen LogP contribution in [-0.4, -0.2) is 43.2 Å². The fourth-order valence-corrected chi connectivity index (χ4v) is 5.06. The topological polar surface area (TPSA) is 36.9 Å². The van der Waals surface area contributed by atoms with Crippen LogP contribution in [-0.2, 0) is 18.9 Å². The Morgan fingerprint density at radius 3 is 2.10 bits per heavy atom. The van der Waals surface area contributed by atoms with Crippen molar-refractivity contribution in [2.75, 3.05) is 19.8 Å². The van der Waals surface area contributed by atoms with Gasteiger partial charge in [0.15, 0.2) is 0 Å². The van der Waals surface area contributed by atoms with Gasteiger partial charge in [-0.05, 0) is 58.6 Å². The summed E-state index contributed by atoms with van der Waals surface area (Å²) in [5.74, 6) is 1.15. The zero-order valence-corrected chi connectivity index (χ0v) is 27.3. The molecule has 1 rings (SSSR count). The number of ether oxygens (including phenoxy) is 4. The molecule has 0 saturated heterocycles. The van der Waals surface area contributed by atoms with E-state index in [1.165, 1.54) is 5.56 Å². The minimum absolute atomic E-state index is 0.110. The van der Waals surface area contributed by atoms with Gasteiger partial charge in [-0.25, -0.2) is 0 Å². The Morgan fingerprint density at radius 1 is 0.902 bits per heavy atom. The molecule has 0 fully saturated rings. The Balaban J connectivity index is 3.27. The minimum atomic E-state index is -0.558. The summed E-state index contributed by atoms with van der Waals surface area (Å²) in [6.07, 6.45) is 12.9. The molecule has 0 N–H and O–H groups in total. The van der Waals surface area contributed by atoms with Gasteiger partial charge in [-0.2, -0.15) is 0 Å². The number of hydrogen-bond acceptors (Lipinski definition) is 4. The Kier molecular flexibility index (Phi) is 16.9. The van der Waals surface area contributed by atoms with Gasteiger partial charge in [-0.3, -0.25) is 0 Å². The molecule has 0 aliphatic carbocycles. The molecule has 0 spiro atoms. The van der Waals surface area contributed by atoms with Crippen molar-refractivity contribution < 1.29 is 18.9 Å². The van der Waals surface area contributed by atoms with E-state index in [1.54, 1.807) is 12.2 Å². The van der Waals surface area contributed by atoms with Gasteiger partial charge < -0.3 is 18.9 Å². The van der Waals surface area contributed by atoms with Gasteiger partial charge in [-0.1, -0.05) is 95.5 Å². The summed E-state index contributed by atoms with van der Waals surface area (Å²) >= 11 is 0. The van der Waals surface area contributed by atoms with Crippen LogP contribution < -0.4 is 0 Å². The molecule has 0 aromatic heterocycles. The zero-order chi connectivity index (χ0) is 30.9. The van der Waals surface area contributed by atoms with E-state index in [0.29, 0.717) is 26.2 Å². The Bertz CT molecular complexity index is 960. The quantitative estimate of drug-likeness (QED) is 0.0606. The van der Waals surface area contributed by atoms with Crippen molar-refractivity contribution in [3.63, 3.8) is 0 Å². The monoisotopic (exact) mass is 566 g/mol. The molecule has 5 unspecified atom stereocenters. The normalized spacial score (nSPS) is 17.2. The van der Waals surface area contributed by atoms with Crippen LogP contribution in [0.15, 0.2) is 91.8 Å². The first-order valence-electron chi connectivity index (χ1n) is 15.4. The highest BCUT2D eigenvalue weighted by Crippen LogP contribution is 2.36. The molecule has 0 amide bonds.